The van der Waals surface area contributed by atoms with E-state index in [1.807, 2.05) is 12.1 Å². The lowest BCUT2D eigenvalue weighted by atomic mass is 10.2. The number of pyridine rings is 3. The minimum atomic E-state index is -0.175. The summed E-state index contributed by atoms with van der Waals surface area (Å²) in [6.07, 6.45) is 6.19. The van der Waals surface area contributed by atoms with E-state index in [2.05, 4.69) is 20.2 Å². The number of hydrogen-bond donors (Lipinski definition) is 1. The molecule has 5 rings (SSSR count). The molecule has 2 unspecified atom stereocenters. The molecule has 2 bridgehead atoms. The average molecular weight is 410 g/mol. The minimum Gasteiger partial charge on any atom is -0.487 e. The fourth-order valence-electron chi connectivity index (χ4n) is 3.95. The monoisotopic (exact) mass is 409 g/mol. The van der Waals surface area contributed by atoms with Gasteiger partial charge in [0.2, 0.25) is 0 Å². The van der Waals surface area contributed by atoms with Crippen molar-refractivity contribution in [3.8, 4) is 11.4 Å². The molecular formula is C21H20ClN5O2. The Kier molecular flexibility index (Phi) is 4.69. The van der Waals surface area contributed by atoms with Gasteiger partial charge in [-0.3, -0.25) is 14.3 Å². The number of nitrogens with zero attached hydrogens (tertiary/aromatic N) is 4. The van der Waals surface area contributed by atoms with Crippen molar-refractivity contribution in [1.82, 2.24) is 19.9 Å². The van der Waals surface area contributed by atoms with Gasteiger partial charge in [0.05, 0.1) is 22.6 Å². The number of ether oxygens (including phenoxy) is 1. The van der Waals surface area contributed by atoms with Crippen molar-refractivity contribution < 1.29 is 4.74 Å². The van der Waals surface area contributed by atoms with Gasteiger partial charge >= 0.3 is 0 Å². The van der Waals surface area contributed by atoms with Crippen LogP contribution in [0.3, 0.4) is 0 Å². The number of halogens is 1. The van der Waals surface area contributed by atoms with E-state index in [1.54, 1.807) is 41.4 Å². The van der Waals surface area contributed by atoms with Crippen LogP contribution in [-0.4, -0.2) is 39.7 Å². The summed E-state index contributed by atoms with van der Waals surface area (Å²) in [5, 5.41) is 4.07. The predicted octanol–water partition coefficient (Wildman–Crippen LogP) is 2.41. The van der Waals surface area contributed by atoms with Crippen LogP contribution in [0.4, 0.5) is 5.82 Å². The second kappa shape index (κ2) is 7.50. The van der Waals surface area contributed by atoms with Crippen LogP contribution in [-0.2, 0) is 6.61 Å². The molecule has 2 atom stereocenters. The van der Waals surface area contributed by atoms with Crippen LogP contribution in [0.25, 0.3) is 5.69 Å². The predicted molar refractivity (Wildman–Crippen MR) is 111 cm³/mol. The minimum absolute atomic E-state index is 0.175. The first kappa shape index (κ1) is 18.1. The number of anilines is 1. The summed E-state index contributed by atoms with van der Waals surface area (Å²) in [5.74, 6) is 1.46. The number of aromatic nitrogens is 3. The van der Waals surface area contributed by atoms with E-state index in [9.17, 15) is 4.79 Å². The van der Waals surface area contributed by atoms with Gasteiger partial charge in [-0.2, -0.15) is 0 Å². The van der Waals surface area contributed by atoms with Gasteiger partial charge in [-0.05, 0) is 36.8 Å². The fraction of sp³-hybridized carbons (Fsp3) is 0.286. The molecular weight excluding hydrogens is 390 g/mol. The fourth-order valence-corrected chi connectivity index (χ4v) is 4.06. The molecule has 0 aromatic carbocycles. The van der Waals surface area contributed by atoms with Gasteiger partial charge in [0.25, 0.3) is 5.56 Å². The Morgan fingerprint density at radius 3 is 2.76 bits per heavy atom. The Bertz CT molecular complexity index is 1070. The van der Waals surface area contributed by atoms with Crippen molar-refractivity contribution in [3.05, 3.63) is 76.1 Å². The summed E-state index contributed by atoms with van der Waals surface area (Å²) in [6, 6.07) is 11.8. The summed E-state index contributed by atoms with van der Waals surface area (Å²) in [7, 11) is 0. The van der Waals surface area contributed by atoms with Crippen molar-refractivity contribution >= 4 is 17.4 Å². The van der Waals surface area contributed by atoms with Crippen LogP contribution < -0.4 is 20.5 Å². The third kappa shape index (κ3) is 3.71. The maximum absolute atomic E-state index is 12.5. The Balaban J connectivity index is 1.28. The molecule has 5 heterocycles. The lowest BCUT2D eigenvalue weighted by Gasteiger charge is -2.28. The molecule has 2 fully saturated rings. The summed E-state index contributed by atoms with van der Waals surface area (Å²) in [6.45, 7) is 2.27. The maximum Gasteiger partial charge on any atom is 0.258 e. The van der Waals surface area contributed by atoms with Crippen molar-refractivity contribution in [2.24, 2.45) is 0 Å². The third-order valence-electron chi connectivity index (χ3n) is 5.43. The van der Waals surface area contributed by atoms with Crippen LogP contribution in [0.1, 0.15) is 12.1 Å². The molecule has 0 saturated carbocycles. The lowest BCUT2D eigenvalue weighted by Crippen LogP contribution is -2.43. The molecule has 148 valence electrons. The topological polar surface area (TPSA) is 72.3 Å². The van der Waals surface area contributed by atoms with Crippen LogP contribution >= 0.6 is 11.6 Å². The molecule has 0 aliphatic carbocycles. The zero-order valence-electron chi connectivity index (χ0n) is 15.7. The zero-order chi connectivity index (χ0) is 19.8. The highest BCUT2D eigenvalue weighted by Crippen LogP contribution is 2.28. The first-order valence-corrected chi connectivity index (χ1v) is 9.96. The number of rotatable bonds is 5. The zero-order valence-corrected chi connectivity index (χ0v) is 16.4. The Morgan fingerprint density at radius 1 is 1.17 bits per heavy atom. The largest absolute Gasteiger partial charge is 0.487 e. The molecule has 1 N–H and O–H groups in total. The highest BCUT2D eigenvalue weighted by atomic mass is 35.5. The molecule has 0 amide bonds. The molecule has 0 spiro atoms. The van der Waals surface area contributed by atoms with Gasteiger partial charge in [0.1, 0.15) is 18.2 Å². The summed E-state index contributed by atoms with van der Waals surface area (Å²) in [4.78, 5) is 23.7. The van der Waals surface area contributed by atoms with E-state index in [-0.39, 0.29) is 12.2 Å². The normalized spacial score (nSPS) is 20.2. The van der Waals surface area contributed by atoms with Crippen LogP contribution in [0.2, 0.25) is 5.02 Å². The van der Waals surface area contributed by atoms with E-state index < -0.39 is 0 Å². The third-order valence-corrected chi connectivity index (χ3v) is 5.65. The van der Waals surface area contributed by atoms with E-state index in [4.69, 9.17) is 16.3 Å². The maximum atomic E-state index is 12.5. The highest BCUT2D eigenvalue weighted by Gasteiger charge is 2.38. The summed E-state index contributed by atoms with van der Waals surface area (Å²) >= 11 is 5.83. The average Bonchev–Trinajstić information content (AvgIpc) is 3.37. The van der Waals surface area contributed by atoms with Crippen molar-refractivity contribution in [2.75, 3.05) is 18.0 Å². The Hall–Kier alpha value is -2.90. The number of nitrogens with one attached hydrogen (secondary N) is 1. The van der Waals surface area contributed by atoms with E-state index >= 15 is 0 Å². The van der Waals surface area contributed by atoms with Crippen LogP contribution in [0.5, 0.6) is 5.75 Å². The van der Waals surface area contributed by atoms with Crippen molar-refractivity contribution in [1.29, 1.82) is 0 Å². The van der Waals surface area contributed by atoms with Gasteiger partial charge in [0.15, 0.2) is 0 Å². The first-order valence-electron chi connectivity index (χ1n) is 9.58. The first-order chi connectivity index (χ1) is 14.2. The SMILES string of the molecule is O=c1cc(OCc2ccc(Cl)cn2)ccn1-c1ccc(N2CC3CC2CN3)nc1. The molecule has 2 aliphatic rings. The van der Waals surface area contributed by atoms with E-state index in [0.29, 0.717) is 22.9 Å². The molecule has 8 heteroatoms. The smallest absolute Gasteiger partial charge is 0.258 e. The lowest BCUT2D eigenvalue weighted by molar-refractivity contribution is 0.300. The second-order valence-corrected chi connectivity index (χ2v) is 7.79. The van der Waals surface area contributed by atoms with Gasteiger partial charge in [-0.1, -0.05) is 11.6 Å². The van der Waals surface area contributed by atoms with Gasteiger partial charge in [0, 0.05) is 43.6 Å². The van der Waals surface area contributed by atoms with E-state index in [0.717, 1.165) is 30.3 Å². The number of piperazine rings is 1. The summed E-state index contributed by atoms with van der Waals surface area (Å²) in [5.41, 5.74) is 1.29. The van der Waals surface area contributed by atoms with Crippen LogP contribution in [0.15, 0.2) is 59.8 Å². The second-order valence-electron chi connectivity index (χ2n) is 7.35. The highest BCUT2D eigenvalue weighted by molar-refractivity contribution is 6.30. The molecule has 7 nitrogen and oxygen atoms in total. The molecule has 29 heavy (non-hydrogen) atoms. The Morgan fingerprint density at radius 2 is 2.10 bits per heavy atom. The van der Waals surface area contributed by atoms with Gasteiger partial charge in [-0.25, -0.2) is 4.98 Å². The van der Waals surface area contributed by atoms with E-state index in [1.165, 1.54) is 12.5 Å². The quantitative estimate of drug-likeness (QED) is 0.697. The number of fused-ring (bicyclic) bond motifs is 2. The molecule has 2 saturated heterocycles. The van der Waals surface area contributed by atoms with Crippen LogP contribution in [0, 0.1) is 0 Å². The molecule has 2 aliphatic heterocycles. The molecule has 3 aromatic heterocycles. The van der Waals surface area contributed by atoms with Crippen molar-refractivity contribution in [2.45, 2.75) is 25.1 Å². The summed E-state index contributed by atoms with van der Waals surface area (Å²) < 4.78 is 7.23. The standard InChI is InChI=1S/C21H20ClN5O2/c22-14-1-2-15(23-9-14)13-29-19-5-6-26(21(28)8-19)17-3-4-20(25-10-17)27-12-16-7-18(27)11-24-16/h1-6,8-10,16,18,24H,7,11-13H2. The molecule has 0 radical (unpaired) electrons. The Labute approximate surface area is 172 Å². The molecule has 3 aromatic rings. The van der Waals surface area contributed by atoms with Gasteiger partial charge < -0.3 is 15.0 Å². The number of hydrogen-bond acceptors (Lipinski definition) is 6. The van der Waals surface area contributed by atoms with Crippen molar-refractivity contribution in [3.63, 3.8) is 0 Å². The van der Waals surface area contributed by atoms with Gasteiger partial charge in [-0.15, -0.1) is 0 Å².